The maximum absolute atomic E-state index is 12.2. The van der Waals surface area contributed by atoms with Gasteiger partial charge in [0, 0.05) is 22.0 Å². The van der Waals surface area contributed by atoms with Crippen molar-refractivity contribution < 1.29 is 4.79 Å². The van der Waals surface area contributed by atoms with Gasteiger partial charge in [0.1, 0.15) is 0 Å². The zero-order valence-corrected chi connectivity index (χ0v) is 15.5. The van der Waals surface area contributed by atoms with Crippen molar-refractivity contribution in [1.29, 1.82) is 0 Å². The topological polar surface area (TPSA) is 54.0 Å². The van der Waals surface area contributed by atoms with Crippen LogP contribution < -0.4 is 10.6 Å². The molecule has 4 nitrogen and oxygen atoms in total. The molecule has 2 unspecified atom stereocenters. The van der Waals surface area contributed by atoms with Gasteiger partial charge in [-0.3, -0.25) is 4.98 Å². The first-order chi connectivity index (χ1) is 11.5. The Morgan fingerprint density at radius 1 is 1.25 bits per heavy atom. The maximum Gasteiger partial charge on any atom is 0.319 e. The van der Waals surface area contributed by atoms with Crippen LogP contribution in [-0.2, 0) is 0 Å². The summed E-state index contributed by atoms with van der Waals surface area (Å²) in [6.07, 6.45) is 2.86. The largest absolute Gasteiger partial charge is 0.330 e. The lowest BCUT2D eigenvalue weighted by Crippen LogP contribution is -2.31. The minimum Gasteiger partial charge on any atom is -0.330 e. The first-order valence-electron chi connectivity index (χ1n) is 8.25. The number of nitrogens with one attached hydrogen (secondary N) is 2. The molecule has 0 bridgehead atoms. The van der Waals surface area contributed by atoms with E-state index in [9.17, 15) is 4.79 Å². The molecule has 2 amide bonds. The van der Waals surface area contributed by atoms with Crippen molar-refractivity contribution in [2.75, 3.05) is 5.32 Å². The van der Waals surface area contributed by atoms with E-state index in [-0.39, 0.29) is 12.1 Å². The summed E-state index contributed by atoms with van der Waals surface area (Å²) >= 11 is 1.86. The highest BCUT2D eigenvalue weighted by molar-refractivity contribution is 7.99. The van der Waals surface area contributed by atoms with Crippen LogP contribution in [0.4, 0.5) is 10.5 Å². The molecule has 5 heteroatoms. The molecule has 0 fully saturated rings. The summed E-state index contributed by atoms with van der Waals surface area (Å²) < 4.78 is 0. The molecule has 0 saturated carbocycles. The molecule has 2 aromatic rings. The number of nitrogens with zero attached hydrogens (tertiary/aromatic N) is 1. The standard InChI is InChI=1S/C19H25N3OS/c1-5-14(3)24-16-9-10-17(13(2)12-16)22-19(23)21-15(4)18-8-6-7-11-20-18/h6-12,14-15H,5H2,1-4H3,(H2,21,22,23). The zero-order chi connectivity index (χ0) is 17.5. The quantitative estimate of drug-likeness (QED) is 0.712. The Balaban J connectivity index is 1.96. The Hall–Kier alpha value is -2.01. The molecule has 0 spiro atoms. The van der Waals surface area contributed by atoms with E-state index >= 15 is 0 Å². The Morgan fingerprint density at radius 3 is 2.67 bits per heavy atom. The van der Waals surface area contributed by atoms with E-state index in [0.29, 0.717) is 5.25 Å². The lowest BCUT2D eigenvalue weighted by molar-refractivity contribution is 0.249. The number of aromatic nitrogens is 1. The van der Waals surface area contributed by atoms with Crippen LogP contribution in [0.25, 0.3) is 0 Å². The second kappa shape index (κ2) is 8.73. The van der Waals surface area contributed by atoms with Gasteiger partial charge in [-0.2, -0.15) is 0 Å². The third-order valence-corrected chi connectivity index (χ3v) is 5.10. The SMILES string of the molecule is CCC(C)Sc1ccc(NC(=O)NC(C)c2ccccn2)c(C)c1. The van der Waals surface area contributed by atoms with E-state index in [1.807, 2.05) is 49.9 Å². The number of hydrogen-bond donors (Lipinski definition) is 2. The lowest BCUT2D eigenvalue weighted by Gasteiger charge is -2.16. The predicted octanol–water partition coefficient (Wildman–Crippen LogP) is 5.16. The number of carbonyl (C=O) groups is 1. The van der Waals surface area contributed by atoms with Gasteiger partial charge in [0.05, 0.1) is 11.7 Å². The maximum atomic E-state index is 12.2. The molecule has 2 rings (SSSR count). The number of benzene rings is 1. The van der Waals surface area contributed by atoms with Crippen LogP contribution in [-0.4, -0.2) is 16.3 Å². The highest BCUT2D eigenvalue weighted by atomic mass is 32.2. The van der Waals surface area contributed by atoms with Crippen molar-refractivity contribution >= 4 is 23.5 Å². The average molecular weight is 343 g/mol. The van der Waals surface area contributed by atoms with E-state index in [2.05, 4.69) is 41.6 Å². The van der Waals surface area contributed by atoms with Crippen LogP contribution in [0.15, 0.2) is 47.5 Å². The van der Waals surface area contributed by atoms with Gasteiger partial charge in [0.15, 0.2) is 0 Å². The van der Waals surface area contributed by atoms with Crippen LogP contribution >= 0.6 is 11.8 Å². The van der Waals surface area contributed by atoms with Crippen molar-refractivity contribution in [2.45, 2.75) is 50.3 Å². The number of amides is 2. The average Bonchev–Trinajstić information content (AvgIpc) is 2.58. The van der Waals surface area contributed by atoms with Crippen molar-refractivity contribution in [2.24, 2.45) is 0 Å². The number of aryl methyl sites for hydroxylation is 1. The van der Waals surface area contributed by atoms with Gasteiger partial charge in [-0.15, -0.1) is 11.8 Å². The molecule has 1 heterocycles. The summed E-state index contributed by atoms with van der Waals surface area (Å²) in [6, 6.07) is 11.4. The van der Waals surface area contributed by atoms with E-state index in [1.165, 1.54) is 4.90 Å². The highest BCUT2D eigenvalue weighted by Crippen LogP contribution is 2.28. The number of rotatable bonds is 6. The summed E-state index contributed by atoms with van der Waals surface area (Å²) in [7, 11) is 0. The van der Waals surface area contributed by atoms with Crippen molar-refractivity contribution in [1.82, 2.24) is 10.3 Å². The summed E-state index contributed by atoms with van der Waals surface area (Å²) in [5.41, 5.74) is 2.72. The van der Waals surface area contributed by atoms with Gasteiger partial charge < -0.3 is 10.6 Å². The van der Waals surface area contributed by atoms with Gasteiger partial charge in [-0.25, -0.2) is 4.79 Å². The summed E-state index contributed by atoms with van der Waals surface area (Å²) in [6.45, 7) is 8.34. The molecule has 0 aliphatic rings. The summed E-state index contributed by atoms with van der Waals surface area (Å²) in [5.74, 6) is 0. The number of hydrogen-bond acceptors (Lipinski definition) is 3. The fraction of sp³-hybridized carbons (Fsp3) is 0.368. The van der Waals surface area contributed by atoms with Crippen molar-refractivity contribution in [3.05, 3.63) is 53.9 Å². The normalized spacial score (nSPS) is 13.2. The number of carbonyl (C=O) groups excluding carboxylic acids is 1. The second-order valence-electron chi connectivity index (χ2n) is 5.89. The molecule has 24 heavy (non-hydrogen) atoms. The van der Waals surface area contributed by atoms with Crippen LogP contribution in [0.1, 0.15) is 44.5 Å². The summed E-state index contributed by atoms with van der Waals surface area (Å²) in [4.78, 5) is 17.7. The predicted molar refractivity (Wildman–Crippen MR) is 102 cm³/mol. The molecule has 0 saturated heterocycles. The molecule has 1 aromatic carbocycles. The lowest BCUT2D eigenvalue weighted by atomic mass is 10.2. The molecule has 0 aliphatic carbocycles. The van der Waals surface area contributed by atoms with Crippen LogP contribution in [0.3, 0.4) is 0 Å². The highest BCUT2D eigenvalue weighted by Gasteiger charge is 2.11. The number of urea groups is 1. The van der Waals surface area contributed by atoms with Gasteiger partial charge in [0.2, 0.25) is 0 Å². The van der Waals surface area contributed by atoms with E-state index in [1.54, 1.807) is 6.20 Å². The fourth-order valence-electron chi connectivity index (χ4n) is 2.23. The summed E-state index contributed by atoms with van der Waals surface area (Å²) in [5, 5.41) is 6.42. The molecule has 2 N–H and O–H groups in total. The van der Waals surface area contributed by atoms with E-state index < -0.39 is 0 Å². The van der Waals surface area contributed by atoms with Crippen molar-refractivity contribution in [3.8, 4) is 0 Å². The molecule has 0 radical (unpaired) electrons. The molecule has 1 aromatic heterocycles. The van der Waals surface area contributed by atoms with Gasteiger partial charge in [-0.05, 0) is 56.2 Å². The first kappa shape index (κ1) is 18.3. The molecular formula is C19H25N3OS. The molecule has 0 aliphatic heterocycles. The van der Waals surface area contributed by atoms with Crippen LogP contribution in [0.2, 0.25) is 0 Å². The third kappa shape index (κ3) is 5.27. The van der Waals surface area contributed by atoms with E-state index in [4.69, 9.17) is 0 Å². The smallest absolute Gasteiger partial charge is 0.319 e. The number of pyridine rings is 1. The number of anilines is 1. The molecule has 128 valence electrons. The second-order valence-corrected chi connectivity index (χ2v) is 7.40. The van der Waals surface area contributed by atoms with Gasteiger partial charge in [0.25, 0.3) is 0 Å². The monoisotopic (exact) mass is 343 g/mol. The minimum absolute atomic E-state index is 0.147. The van der Waals surface area contributed by atoms with Crippen molar-refractivity contribution in [3.63, 3.8) is 0 Å². The zero-order valence-electron chi connectivity index (χ0n) is 14.7. The van der Waals surface area contributed by atoms with Gasteiger partial charge >= 0.3 is 6.03 Å². The Bertz CT molecular complexity index is 676. The Morgan fingerprint density at radius 2 is 2.04 bits per heavy atom. The fourth-order valence-corrected chi connectivity index (χ4v) is 3.25. The molecule has 2 atom stereocenters. The Labute approximate surface area is 148 Å². The van der Waals surface area contributed by atoms with E-state index in [0.717, 1.165) is 23.4 Å². The first-order valence-corrected chi connectivity index (χ1v) is 9.13. The minimum atomic E-state index is -0.224. The van der Waals surface area contributed by atoms with Crippen LogP contribution in [0.5, 0.6) is 0 Å². The third-order valence-electron chi connectivity index (χ3n) is 3.84. The number of thioether (sulfide) groups is 1. The molecular weight excluding hydrogens is 318 g/mol. The van der Waals surface area contributed by atoms with Gasteiger partial charge in [-0.1, -0.05) is 19.9 Å². The Kier molecular flexibility index (Phi) is 6.67. The van der Waals surface area contributed by atoms with Crippen LogP contribution in [0, 0.1) is 6.92 Å².